The van der Waals surface area contributed by atoms with Gasteiger partial charge in [-0.15, -0.1) is 0 Å². The maximum atomic E-state index is 12.2. The monoisotopic (exact) mass is 364 g/mol. The SMILES string of the molecule is CCCCc1noc(CN2CCc3ccc(S(=O)(=O)NCC)cc32)n1. The third-order valence-electron chi connectivity index (χ3n) is 4.28. The van der Waals surface area contributed by atoms with Crippen LogP contribution in [0.15, 0.2) is 27.6 Å². The van der Waals surface area contributed by atoms with Gasteiger partial charge in [-0.3, -0.25) is 0 Å². The first-order valence-corrected chi connectivity index (χ1v) is 10.2. The Bertz CT molecular complexity index is 832. The molecule has 0 saturated heterocycles. The van der Waals surface area contributed by atoms with Crippen molar-refractivity contribution in [3.8, 4) is 0 Å². The van der Waals surface area contributed by atoms with Crippen LogP contribution < -0.4 is 9.62 Å². The van der Waals surface area contributed by atoms with Crippen molar-refractivity contribution in [2.45, 2.75) is 51.0 Å². The van der Waals surface area contributed by atoms with Crippen molar-refractivity contribution in [2.24, 2.45) is 0 Å². The van der Waals surface area contributed by atoms with Gasteiger partial charge in [-0.25, -0.2) is 13.1 Å². The molecule has 0 saturated carbocycles. The van der Waals surface area contributed by atoms with Crippen molar-refractivity contribution in [1.29, 1.82) is 0 Å². The maximum absolute atomic E-state index is 12.2. The molecule has 2 heterocycles. The Morgan fingerprint density at radius 1 is 1.32 bits per heavy atom. The minimum absolute atomic E-state index is 0.286. The van der Waals surface area contributed by atoms with Crippen LogP contribution in [0.4, 0.5) is 5.69 Å². The maximum Gasteiger partial charge on any atom is 0.246 e. The second-order valence-electron chi connectivity index (χ2n) is 6.17. The summed E-state index contributed by atoms with van der Waals surface area (Å²) < 4.78 is 32.3. The molecule has 25 heavy (non-hydrogen) atoms. The number of nitrogens with zero attached hydrogens (tertiary/aromatic N) is 3. The Morgan fingerprint density at radius 3 is 2.92 bits per heavy atom. The average molecular weight is 364 g/mol. The molecule has 0 spiro atoms. The number of anilines is 1. The van der Waals surface area contributed by atoms with Gasteiger partial charge in [0.1, 0.15) is 0 Å². The average Bonchev–Trinajstić information content (AvgIpc) is 3.20. The van der Waals surface area contributed by atoms with E-state index in [2.05, 4.69) is 26.7 Å². The van der Waals surface area contributed by atoms with Gasteiger partial charge in [0, 0.05) is 25.2 Å². The van der Waals surface area contributed by atoms with E-state index in [0.29, 0.717) is 19.0 Å². The molecule has 1 N–H and O–H groups in total. The van der Waals surface area contributed by atoms with Crippen LogP contribution in [-0.2, 0) is 29.4 Å². The van der Waals surface area contributed by atoms with E-state index in [9.17, 15) is 8.42 Å². The third-order valence-corrected chi connectivity index (χ3v) is 5.83. The summed E-state index contributed by atoms with van der Waals surface area (Å²) in [6, 6.07) is 5.28. The quantitative estimate of drug-likeness (QED) is 0.773. The van der Waals surface area contributed by atoms with Crippen molar-refractivity contribution < 1.29 is 12.9 Å². The van der Waals surface area contributed by atoms with E-state index in [0.717, 1.165) is 49.3 Å². The highest BCUT2D eigenvalue weighted by Gasteiger charge is 2.24. The Labute approximate surface area is 148 Å². The van der Waals surface area contributed by atoms with Crippen LogP contribution in [0.25, 0.3) is 0 Å². The van der Waals surface area contributed by atoms with Crippen molar-refractivity contribution in [2.75, 3.05) is 18.0 Å². The van der Waals surface area contributed by atoms with E-state index in [4.69, 9.17) is 4.52 Å². The smallest absolute Gasteiger partial charge is 0.246 e. The molecule has 7 nitrogen and oxygen atoms in total. The molecule has 0 radical (unpaired) electrons. The molecule has 136 valence electrons. The van der Waals surface area contributed by atoms with Gasteiger partial charge in [0.15, 0.2) is 5.82 Å². The molecule has 1 aliphatic rings. The van der Waals surface area contributed by atoms with E-state index in [1.165, 1.54) is 0 Å². The van der Waals surface area contributed by atoms with Gasteiger partial charge in [0.05, 0.1) is 11.4 Å². The van der Waals surface area contributed by atoms with E-state index >= 15 is 0 Å². The molecule has 8 heteroatoms. The van der Waals surface area contributed by atoms with Gasteiger partial charge >= 0.3 is 0 Å². The van der Waals surface area contributed by atoms with Crippen LogP contribution in [0.1, 0.15) is 44.0 Å². The fourth-order valence-electron chi connectivity index (χ4n) is 2.98. The number of hydrogen-bond acceptors (Lipinski definition) is 6. The van der Waals surface area contributed by atoms with E-state index in [1.807, 2.05) is 6.07 Å². The Morgan fingerprint density at radius 2 is 2.16 bits per heavy atom. The number of aryl methyl sites for hydroxylation is 1. The zero-order chi connectivity index (χ0) is 17.9. The molecule has 0 bridgehead atoms. The summed E-state index contributed by atoms with van der Waals surface area (Å²) in [4.78, 5) is 6.82. The summed E-state index contributed by atoms with van der Waals surface area (Å²) in [5.41, 5.74) is 2.06. The fraction of sp³-hybridized carbons (Fsp3) is 0.529. The van der Waals surface area contributed by atoms with Gasteiger partial charge in [-0.2, -0.15) is 4.98 Å². The lowest BCUT2D eigenvalue weighted by Crippen LogP contribution is -2.24. The molecule has 0 amide bonds. The largest absolute Gasteiger partial charge is 0.362 e. The molecular formula is C17H24N4O3S. The predicted molar refractivity (Wildman–Crippen MR) is 95.0 cm³/mol. The molecule has 3 rings (SSSR count). The number of unbranched alkanes of at least 4 members (excludes halogenated alkanes) is 1. The van der Waals surface area contributed by atoms with Gasteiger partial charge in [-0.05, 0) is 30.5 Å². The molecule has 0 atom stereocenters. The zero-order valence-corrected chi connectivity index (χ0v) is 15.5. The van der Waals surface area contributed by atoms with Crippen LogP contribution in [0.3, 0.4) is 0 Å². The van der Waals surface area contributed by atoms with Gasteiger partial charge in [-0.1, -0.05) is 31.5 Å². The lowest BCUT2D eigenvalue weighted by Gasteiger charge is -2.17. The van der Waals surface area contributed by atoms with Crippen LogP contribution >= 0.6 is 0 Å². The molecule has 1 aliphatic heterocycles. The summed E-state index contributed by atoms with van der Waals surface area (Å²) in [5.74, 6) is 1.30. The Kier molecular flexibility index (Phi) is 5.39. The number of benzene rings is 1. The topological polar surface area (TPSA) is 88.3 Å². The number of rotatable bonds is 8. The Hall–Kier alpha value is -1.93. The van der Waals surface area contributed by atoms with Gasteiger partial charge in [0.2, 0.25) is 15.9 Å². The zero-order valence-electron chi connectivity index (χ0n) is 14.7. The van der Waals surface area contributed by atoms with Crippen molar-refractivity contribution in [1.82, 2.24) is 14.9 Å². The van der Waals surface area contributed by atoms with Crippen LogP contribution in [-0.4, -0.2) is 31.6 Å². The highest BCUT2D eigenvalue weighted by Crippen LogP contribution is 2.31. The molecule has 2 aromatic rings. The van der Waals surface area contributed by atoms with E-state index in [1.54, 1.807) is 19.1 Å². The lowest BCUT2D eigenvalue weighted by molar-refractivity contribution is 0.371. The number of sulfonamides is 1. The summed E-state index contributed by atoms with van der Waals surface area (Å²) >= 11 is 0. The standard InChI is InChI=1S/C17H24N4O3S/c1-3-5-6-16-19-17(24-20-16)12-21-10-9-13-7-8-14(11-15(13)21)25(22,23)18-4-2/h7-8,11,18H,3-6,9-10,12H2,1-2H3. The molecular weight excluding hydrogens is 340 g/mol. The highest BCUT2D eigenvalue weighted by molar-refractivity contribution is 7.89. The first-order chi connectivity index (χ1) is 12.0. The van der Waals surface area contributed by atoms with Crippen molar-refractivity contribution >= 4 is 15.7 Å². The van der Waals surface area contributed by atoms with Crippen LogP contribution in [0, 0.1) is 0 Å². The minimum atomic E-state index is -3.46. The molecule has 1 aromatic carbocycles. The van der Waals surface area contributed by atoms with Crippen molar-refractivity contribution in [3.05, 3.63) is 35.5 Å². The summed E-state index contributed by atoms with van der Waals surface area (Å²) in [6.07, 6.45) is 3.83. The molecule has 0 fully saturated rings. The minimum Gasteiger partial charge on any atom is -0.362 e. The van der Waals surface area contributed by atoms with Gasteiger partial charge < -0.3 is 9.42 Å². The second kappa shape index (κ2) is 7.53. The third kappa shape index (κ3) is 4.01. The summed E-state index contributed by atoms with van der Waals surface area (Å²) in [6.45, 7) is 5.57. The first kappa shape index (κ1) is 17.9. The van der Waals surface area contributed by atoms with E-state index in [-0.39, 0.29) is 4.90 Å². The van der Waals surface area contributed by atoms with E-state index < -0.39 is 10.0 Å². The number of fused-ring (bicyclic) bond motifs is 1. The predicted octanol–water partition coefficient (Wildman–Crippen LogP) is 2.27. The molecule has 1 aromatic heterocycles. The lowest BCUT2D eigenvalue weighted by atomic mass is 10.2. The number of nitrogens with one attached hydrogen (secondary N) is 1. The Balaban J connectivity index is 1.78. The number of hydrogen-bond donors (Lipinski definition) is 1. The fourth-order valence-corrected chi connectivity index (χ4v) is 4.04. The molecule has 0 unspecified atom stereocenters. The van der Waals surface area contributed by atoms with Crippen LogP contribution in [0.2, 0.25) is 0 Å². The normalized spacial score (nSPS) is 14.1. The second-order valence-corrected chi connectivity index (χ2v) is 7.94. The summed E-state index contributed by atoms with van der Waals surface area (Å²) in [5, 5.41) is 4.01. The van der Waals surface area contributed by atoms with Crippen LogP contribution in [0.5, 0.6) is 0 Å². The van der Waals surface area contributed by atoms with Gasteiger partial charge in [0.25, 0.3) is 0 Å². The summed E-state index contributed by atoms with van der Waals surface area (Å²) in [7, 11) is -3.46. The highest BCUT2D eigenvalue weighted by atomic mass is 32.2. The molecule has 0 aliphatic carbocycles. The van der Waals surface area contributed by atoms with Crippen molar-refractivity contribution in [3.63, 3.8) is 0 Å². The number of aromatic nitrogens is 2. The first-order valence-electron chi connectivity index (χ1n) is 8.72.